The Hall–Kier alpha value is -1.88. The Kier molecular flexibility index (Phi) is 4.96. The number of hydrogen-bond donors (Lipinski definition) is 0. The van der Waals surface area contributed by atoms with Crippen molar-refractivity contribution in [3.63, 3.8) is 0 Å². The first-order valence-corrected chi connectivity index (χ1v) is 9.02. The number of aryl methyl sites for hydroxylation is 1. The van der Waals surface area contributed by atoms with Crippen LogP contribution in [0.3, 0.4) is 0 Å². The number of aromatic nitrogens is 1. The lowest BCUT2D eigenvalue weighted by Gasteiger charge is -2.36. The molecule has 0 aromatic carbocycles. The molecule has 122 valence electrons. The van der Waals surface area contributed by atoms with Crippen LogP contribution in [0.15, 0.2) is 35.8 Å². The van der Waals surface area contributed by atoms with Gasteiger partial charge >= 0.3 is 0 Å². The van der Waals surface area contributed by atoms with Gasteiger partial charge in [-0.1, -0.05) is 6.07 Å². The van der Waals surface area contributed by atoms with Crippen LogP contribution in [0.2, 0.25) is 0 Å². The van der Waals surface area contributed by atoms with Crippen LogP contribution in [0.1, 0.15) is 53.5 Å². The number of rotatable bonds is 5. The number of ketones is 1. The second-order valence-electron chi connectivity index (χ2n) is 6.04. The molecule has 0 bridgehead atoms. The Morgan fingerprint density at radius 1 is 1.22 bits per heavy atom. The topological polar surface area (TPSA) is 42.3 Å². The van der Waals surface area contributed by atoms with Crippen molar-refractivity contribution in [1.29, 1.82) is 0 Å². The molecule has 0 spiro atoms. The molecule has 0 radical (unpaired) electrons. The lowest BCUT2D eigenvalue weighted by atomic mass is 9.98. The summed E-state index contributed by atoms with van der Waals surface area (Å²) in [6, 6.07) is 7.95. The summed E-state index contributed by atoms with van der Waals surface area (Å²) in [5.41, 5.74) is 1.18. The molecule has 1 fully saturated rings. The summed E-state index contributed by atoms with van der Waals surface area (Å²) in [5, 5.41) is 1.89. The SMILES string of the molecule is Cn1cccc1[C@@H]1CCCCN1C(=O)CCC(=O)c1cccs1. The van der Waals surface area contributed by atoms with Crippen molar-refractivity contribution in [2.75, 3.05) is 6.54 Å². The molecular formula is C18H22N2O2S. The van der Waals surface area contributed by atoms with Gasteiger partial charge in [0.1, 0.15) is 0 Å². The third kappa shape index (κ3) is 3.55. The molecule has 2 aromatic heterocycles. The molecular weight excluding hydrogens is 308 g/mol. The highest BCUT2D eigenvalue weighted by Gasteiger charge is 2.29. The summed E-state index contributed by atoms with van der Waals surface area (Å²) in [6.07, 6.45) is 5.82. The number of amides is 1. The Labute approximate surface area is 140 Å². The van der Waals surface area contributed by atoms with Gasteiger partial charge in [0.15, 0.2) is 5.78 Å². The second kappa shape index (κ2) is 7.13. The highest BCUT2D eigenvalue weighted by molar-refractivity contribution is 7.12. The third-order valence-electron chi connectivity index (χ3n) is 4.51. The number of likely N-dealkylation sites (tertiary alicyclic amines) is 1. The van der Waals surface area contributed by atoms with Crippen LogP contribution in [0, 0.1) is 0 Å². The molecule has 3 rings (SSSR count). The minimum atomic E-state index is 0.0702. The highest BCUT2D eigenvalue weighted by atomic mass is 32.1. The predicted molar refractivity (Wildman–Crippen MR) is 91.6 cm³/mol. The van der Waals surface area contributed by atoms with E-state index >= 15 is 0 Å². The van der Waals surface area contributed by atoms with E-state index in [9.17, 15) is 9.59 Å². The van der Waals surface area contributed by atoms with Crippen LogP contribution >= 0.6 is 11.3 Å². The Morgan fingerprint density at radius 2 is 2.09 bits per heavy atom. The molecule has 4 nitrogen and oxygen atoms in total. The largest absolute Gasteiger partial charge is 0.353 e. The molecule has 0 aliphatic carbocycles. The van der Waals surface area contributed by atoms with Crippen LogP contribution in [0.4, 0.5) is 0 Å². The van der Waals surface area contributed by atoms with Gasteiger partial charge in [-0.2, -0.15) is 0 Å². The van der Waals surface area contributed by atoms with Crippen LogP contribution in [-0.2, 0) is 11.8 Å². The molecule has 1 amide bonds. The number of thiophene rings is 1. The zero-order valence-corrected chi connectivity index (χ0v) is 14.2. The average molecular weight is 330 g/mol. The molecule has 3 heterocycles. The van der Waals surface area contributed by atoms with Gasteiger partial charge in [-0.25, -0.2) is 0 Å². The number of carbonyl (C=O) groups is 2. The van der Waals surface area contributed by atoms with Gasteiger partial charge in [0.05, 0.1) is 10.9 Å². The van der Waals surface area contributed by atoms with Gasteiger partial charge in [0, 0.05) is 38.3 Å². The molecule has 0 N–H and O–H groups in total. The van der Waals surface area contributed by atoms with E-state index in [0.717, 1.165) is 30.7 Å². The van der Waals surface area contributed by atoms with Gasteiger partial charge in [0.25, 0.3) is 0 Å². The van der Waals surface area contributed by atoms with E-state index in [1.165, 1.54) is 17.0 Å². The first-order valence-electron chi connectivity index (χ1n) is 8.14. The Balaban J connectivity index is 1.65. The first-order chi connectivity index (χ1) is 11.2. The van der Waals surface area contributed by atoms with Crippen molar-refractivity contribution in [2.24, 2.45) is 7.05 Å². The maximum Gasteiger partial charge on any atom is 0.223 e. The fraction of sp³-hybridized carbons (Fsp3) is 0.444. The molecule has 5 heteroatoms. The zero-order valence-electron chi connectivity index (χ0n) is 13.4. The van der Waals surface area contributed by atoms with Gasteiger partial charge in [-0.15, -0.1) is 11.3 Å². The lowest BCUT2D eigenvalue weighted by molar-refractivity contribution is -0.135. The van der Waals surface area contributed by atoms with Crippen molar-refractivity contribution in [2.45, 2.75) is 38.1 Å². The lowest BCUT2D eigenvalue weighted by Crippen LogP contribution is -2.39. The van der Waals surface area contributed by atoms with Gasteiger partial charge in [0.2, 0.25) is 5.91 Å². The predicted octanol–water partition coefficient (Wildman–Crippen LogP) is 3.80. The fourth-order valence-electron chi connectivity index (χ4n) is 3.28. The summed E-state index contributed by atoms with van der Waals surface area (Å²) < 4.78 is 2.09. The summed E-state index contributed by atoms with van der Waals surface area (Å²) in [4.78, 5) is 27.5. The van der Waals surface area contributed by atoms with Crippen molar-refractivity contribution in [3.8, 4) is 0 Å². The quantitative estimate of drug-likeness (QED) is 0.783. The molecule has 1 aliphatic heterocycles. The van der Waals surface area contributed by atoms with Crippen LogP contribution < -0.4 is 0 Å². The van der Waals surface area contributed by atoms with E-state index in [4.69, 9.17) is 0 Å². The van der Waals surface area contributed by atoms with E-state index in [1.54, 1.807) is 0 Å². The average Bonchev–Trinajstić information content (AvgIpc) is 3.23. The van der Waals surface area contributed by atoms with Gasteiger partial charge < -0.3 is 9.47 Å². The molecule has 1 atom stereocenters. The van der Waals surface area contributed by atoms with Gasteiger partial charge in [-0.05, 0) is 42.8 Å². The van der Waals surface area contributed by atoms with Crippen LogP contribution in [-0.4, -0.2) is 27.7 Å². The Morgan fingerprint density at radius 3 is 2.78 bits per heavy atom. The van der Waals surface area contributed by atoms with Crippen molar-refractivity contribution in [1.82, 2.24) is 9.47 Å². The van der Waals surface area contributed by atoms with E-state index < -0.39 is 0 Å². The van der Waals surface area contributed by atoms with E-state index in [1.807, 2.05) is 41.7 Å². The number of piperidine rings is 1. The van der Waals surface area contributed by atoms with Gasteiger partial charge in [-0.3, -0.25) is 9.59 Å². The molecule has 1 aliphatic rings. The third-order valence-corrected chi connectivity index (χ3v) is 5.42. The normalized spacial score (nSPS) is 18.1. The van der Waals surface area contributed by atoms with Crippen molar-refractivity contribution >= 4 is 23.0 Å². The standard InChI is InChI=1S/C18H22N2O2S/c1-19-11-4-7-14(19)15-6-2-3-12-20(15)18(22)10-9-16(21)17-8-5-13-23-17/h4-5,7-8,11,13,15H,2-3,6,9-10,12H2,1H3/t15-/m0/s1. The Bertz CT molecular complexity index is 675. The maximum absolute atomic E-state index is 12.7. The number of hydrogen-bond acceptors (Lipinski definition) is 3. The van der Waals surface area contributed by atoms with Crippen molar-refractivity contribution in [3.05, 3.63) is 46.4 Å². The van der Waals surface area contributed by atoms with Crippen molar-refractivity contribution < 1.29 is 9.59 Å². The van der Waals surface area contributed by atoms with E-state index in [0.29, 0.717) is 12.8 Å². The summed E-state index contributed by atoms with van der Waals surface area (Å²) >= 11 is 1.44. The number of Topliss-reactive ketones (excluding diaryl/α,β-unsaturated/α-hetero) is 1. The first kappa shape index (κ1) is 16.0. The summed E-state index contributed by atoms with van der Waals surface area (Å²) in [6.45, 7) is 0.794. The monoisotopic (exact) mass is 330 g/mol. The van der Waals surface area contributed by atoms with Crippen LogP contribution in [0.5, 0.6) is 0 Å². The minimum absolute atomic E-state index is 0.0702. The fourth-order valence-corrected chi connectivity index (χ4v) is 3.98. The maximum atomic E-state index is 12.7. The molecule has 2 aromatic rings. The minimum Gasteiger partial charge on any atom is -0.353 e. The second-order valence-corrected chi connectivity index (χ2v) is 6.99. The number of nitrogens with zero attached hydrogens (tertiary/aromatic N) is 2. The smallest absolute Gasteiger partial charge is 0.223 e. The van der Waals surface area contributed by atoms with E-state index in [-0.39, 0.29) is 17.7 Å². The van der Waals surface area contributed by atoms with E-state index in [2.05, 4.69) is 10.6 Å². The zero-order chi connectivity index (χ0) is 16.2. The number of carbonyl (C=O) groups excluding carboxylic acids is 2. The van der Waals surface area contributed by atoms with Crippen LogP contribution in [0.25, 0.3) is 0 Å². The molecule has 0 saturated carbocycles. The molecule has 0 unspecified atom stereocenters. The molecule has 23 heavy (non-hydrogen) atoms. The summed E-state index contributed by atoms with van der Waals surface area (Å²) in [7, 11) is 2.02. The highest BCUT2D eigenvalue weighted by Crippen LogP contribution is 2.31. The molecule has 1 saturated heterocycles. The summed E-state index contributed by atoms with van der Waals surface area (Å²) in [5.74, 6) is 0.168.